The Hall–Kier alpha value is -1.49. The smallest absolute Gasteiger partial charge is 0.274 e. The number of nitrogens with zero attached hydrogens (tertiary/aromatic N) is 1. The van der Waals surface area contributed by atoms with E-state index in [0.717, 1.165) is 11.3 Å². The third kappa shape index (κ3) is 2.44. The first-order valence-corrected chi connectivity index (χ1v) is 5.52. The van der Waals surface area contributed by atoms with Gasteiger partial charge in [-0.05, 0) is 26.1 Å². The number of H-pyrrole nitrogens is 1. The van der Waals surface area contributed by atoms with Crippen molar-refractivity contribution in [3.63, 3.8) is 0 Å². The van der Waals surface area contributed by atoms with Crippen LogP contribution < -0.4 is 5.32 Å². The highest BCUT2D eigenvalue weighted by Gasteiger charge is 2.30. The monoisotopic (exact) mass is 239 g/mol. The first-order valence-electron chi connectivity index (χ1n) is 5.52. The number of halogens is 2. The molecule has 0 bridgehead atoms. The summed E-state index contributed by atoms with van der Waals surface area (Å²) in [6.07, 6.45) is -0.206. The van der Waals surface area contributed by atoms with Crippen LogP contribution in [0.15, 0.2) is 18.2 Å². The van der Waals surface area contributed by atoms with E-state index >= 15 is 0 Å². The molecule has 17 heavy (non-hydrogen) atoms. The summed E-state index contributed by atoms with van der Waals surface area (Å²) in [4.78, 5) is 7.15. The van der Waals surface area contributed by atoms with Crippen LogP contribution in [0.25, 0.3) is 11.0 Å². The number of benzene rings is 1. The number of hydrogen-bond acceptors (Lipinski definition) is 2. The number of alkyl halides is 2. The summed E-state index contributed by atoms with van der Waals surface area (Å²) < 4.78 is 27.6. The predicted octanol–water partition coefficient (Wildman–Crippen LogP) is 2.57. The Morgan fingerprint density at radius 2 is 2.18 bits per heavy atom. The average molecular weight is 239 g/mol. The molecule has 1 aromatic heterocycles. The van der Waals surface area contributed by atoms with Gasteiger partial charge in [-0.1, -0.05) is 6.07 Å². The zero-order chi connectivity index (χ0) is 12.5. The molecule has 0 amide bonds. The van der Waals surface area contributed by atoms with Gasteiger partial charge in [-0.25, -0.2) is 13.8 Å². The molecule has 0 aliphatic heterocycles. The maximum absolute atomic E-state index is 13.8. The van der Waals surface area contributed by atoms with Gasteiger partial charge in [0.25, 0.3) is 5.92 Å². The van der Waals surface area contributed by atoms with Crippen molar-refractivity contribution in [2.24, 2.45) is 0 Å². The fourth-order valence-corrected chi connectivity index (χ4v) is 1.79. The topological polar surface area (TPSA) is 40.7 Å². The third-order valence-electron chi connectivity index (χ3n) is 2.71. The minimum absolute atomic E-state index is 0.0314. The van der Waals surface area contributed by atoms with Crippen molar-refractivity contribution < 1.29 is 8.78 Å². The number of nitrogens with one attached hydrogen (secondary N) is 2. The van der Waals surface area contributed by atoms with Gasteiger partial charge in [0.1, 0.15) is 5.82 Å². The molecule has 5 heteroatoms. The molecule has 0 unspecified atom stereocenters. The number of rotatable bonds is 4. The molecule has 2 aromatic rings. The molecule has 3 nitrogen and oxygen atoms in total. The van der Waals surface area contributed by atoms with Crippen molar-refractivity contribution in [2.75, 3.05) is 13.6 Å². The van der Waals surface area contributed by atoms with Gasteiger partial charge in [0, 0.05) is 18.5 Å². The summed E-state index contributed by atoms with van der Waals surface area (Å²) in [5, 5.41) is 2.73. The molecule has 0 fully saturated rings. The Morgan fingerprint density at radius 3 is 2.88 bits per heavy atom. The van der Waals surface area contributed by atoms with Crippen LogP contribution >= 0.6 is 0 Å². The Kier molecular flexibility index (Phi) is 3.11. The van der Waals surface area contributed by atoms with Crippen LogP contribution in [0.3, 0.4) is 0 Å². The molecule has 0 spiro atoms. The van der Waals surface area contributed by atoms with Gasteiger partial charge in [0.2, 0.25) is 0 Å². The van der Waals surface area contributed by atoms with E-state index in [0.29, 0.717) is 5.52 Å². The molecular weight excluding hydrogens is 224 g/mol. The summed E-state index contributed by atoms with van der Waals surface area (Å²) in [5.41, 5.74) is 1.41. The van der Waals surface area contributed by atoms with Crippen LogP contribution in [0.1, 0.15) is 17.8 Å². The van der Waals surface area contributed by atoms with Crippen molar-refractivity contribution in [1.29, 1.82) is 0 Å². The van der Waals surface area contributed by atoms with Gasteiger partial charge in [-0.15, -0.1) is 0 Å². The highest BCUT2D eigenvalue weighted by Crippen LogP contribution is 2.32. The first-order chi connectivity index (χ1) is 8.03. The van der Waals surface area contributed by atoms with E-state index in [1.54, 1.807) is 20.0 Å². The molecule has 0 aliphatic rings. The minimum Gasteiger partial charge on any atom is -0.342 e. The predicted molar refractivity (Wildman–Crippen MR) is 63.3 cm³/mol. The lowest BCUT2D eigenvalue weighted by molar-refractivity contribution is -0.0122. The molecule has 0 aliphatic carbocycles. The van der Waals surface area contributed by atoms with E-state index in [1.165, 1.54) is 12.1 Å². The molecule has 1 aromatic carbocycles. The van der Waals surface area contributed by atoms with Crippen LogP contribution in [0.5, 0.6) is 0 Å². The maximum Gasteiger partial charge on any atom is 0.274 e. The summed E-state index contributed by atoms with van der Waals surface area (Å²) >= 11 is 0. The fourth-order valence-electron chi connectivity index (χ4n) is 1.79. The molecule has 2 rings (SSSR count). The standard InChI is InChI=1S/C12H15F2N3/c1-8-16-10-4-3-9(7-11(10)17-8)12(13,14)5-6-15-2/h3-4,7,15H,5-6H2,1-2H3,(H,16,17). The van der Waals surface area contributed by atoms with Crippen LogP contribution in [0.2, 0.25) is 0 Å². The Labute approximate surface area is 98.2 Å². The minimum atomic E-state index is -2.81. The molecule has 0 saturated carbocycles. The first kappa shape index (κ1) is 12.0. The third-order valence-corrected chi connectivity index (χ3v) is 2.71. The summed E-state index contributed by atoms with van der Waals surface area (Å²) in [5.74, 6) is -2.08. The molecule has 0 saturated heterocycles. The van der Waals surface area contributed by atoms with Gasteiger partial charge in [0.05, 0.1) is 11.0 Å². The zero-order valence-electron chi connectivity index (χ0n) is 9.85. The summed E-state index contributed by atoms with van der Waals surface area (Å²) in [6.45, 7) is 2.09. The van der Waals surface area contributed by atoms with Crippen LogP contribution in [0.4, 0.5) is 8.78 Å². The summed E-state index contributed by atoms with van der Waals surface area (Å²) in [7, 11) is 1.66. The average Bonchev–Trinajstić information content (AvgIpc) is 2.65. The largest absolute Gasteiger partial charge is 0.342 e. The van der Waals surface area contributed by atoms with Crippen LogP contribution in [0, 0.1) is 6.92 Å². The number of imidazole rings is 1. The zero-order valence-corrected chi connectivity index (χ0v) is 9.85. The summed E-state index contributed by atoms with van der Waals surface area (Å²) in [6, 6.07) is 4.55. The van der Waals surface area contributed by atoms with Crippen LogP contribution in [-0.2, 0) is 5.92 Å². The Balaban J connectivity index is 2.34. The van der Waals surface area contributed by atoms with E-state index in [-0.39, 0.29) is 18.5 Å². The number of aromatic amines is 1. The molecular formula is C12H15F2N3. The Morgan fingerprint density at radius 1 is 1.41 bits per heavy atom. The molecule has 1 heterocycles. The number of fused-ring (bicyclic) bond motifs is 1. The SMILES string of the molecule is CNCCC(F)(F)c1ccc2nc(C)[nH]c2c1. The molecule has 92 valence electrons. The second-order valence-electron chi connectivity index (χ2n) is 4.11. The molecule has 0 radical (unpaired) electrons. The van der Waals surface area contributed by atoms with Crippen molar-refractivity contribution >= 4 is 11.0 Å². The second-order valence-corrected chi connectivity index (χ2v) is 4.11. The van der Waals surface area contributed by atoms with E-state index < -0.39 is 5.92 Å². The number of aryl methyl sites for hydroxylation is 1. The molecule has 0 atom stereocenters. The lowest BCUT2D eigenvalue weighted by atomic mass is 10.0. The van der Waals surface area contributed by atoms with Gasteiger partial charge in [-0.2, -0.15) is 0 Å². The number of hydrogen-bond donors (Lipinski definition) is 2. The van der Waals surface area contributed by atoms with Gasteiger partial charge in [-0.3, -0.25) is 0 Å². The van der Waals surface area contributed by atoms with E-state index in [2.05, 4.69) is 15.3 Å². The van der Waals surface area contributed by atoms with Crippen molar-refractivity contribution in [2.45, 2.75) is 19.3 Å². The lowest BCUT2D eigenvalue weighted by Crippen LogP contribution is -2.20. The van der Waals surface area contributed by atoms with Gasteiger partial charge >= 0.3 is 0 Å². The molecule has 2 N–H and O–H groups in total. The van der Waals surface area contributed by atoms with E-state index in [4.69, 9.17) is 0 Å². The van der Waals surface area contributed by atoms with Crippen molar-refractivity contribution in [3.8, 4) is 0 Å². The van der Waals surface area contributed by atoms with E-state index in [1.807, 2.05) is 0 Å². The normalized spacial score (nSPS) is 12.2. The lowest BCUT2D eigenvalue weighted by Gasteiger charge is -2.16. The van der Waals surface area contributed by atoms with Crippen molar-refractivity contribution in [3.05, 3.63) is 29.6 Å². The maximum atomic E-state index is 13.8. The van der Waals surface area contributed by atoms with Gasteiger partial charge < -0.3 is 10.3 Å². The highest BCUT2D eigenvalue weighted by molar-refractivity contribution is 5.76. The quantitative estimate of drug-likeness (QED) is 0.861. The van der Waals surface area contributed by atoms with E-state index in [9.17, 15) is 8.78 Å². The van der Waals surface area contributed by atoms with Crippen molar-refractivity contribution in [1.82, 2.24) is 15.3 Å². The number of aromatic nitrogens is 2. The second kappa shape index (κ2) is 4.41. The van der Waals surface area contributed by atoms with Crippen LogP contribution in [-0.4, -0.2) is 23.6 Å². The highest BCUT2D eigenvalue weighted by atomic mass is 19.3. The Bertz CT molecular complexity index is 519. The van der Waals surface area contributed by atoms with Gasteiger partial charge in [0.15, 0.2) is 0 Å². The fraction of sp³-hybridized carbons (Fsp3) is 0.417.